The zero-order valence-electron chi connectivity index (χ0n) is 21.1. The van der Waals surface area contributed by atoms with E-state index in [9.17, 15) is 13.2 Å². The van der Waals surface area contributed by atoms with Gasteiger partial charge in [-0.25, -0.2) is 8.42 Å². The molecule has 1 N–H and O–H groups in total. The van der Waals surface area contributed by atoms with Crippen LogP contribution in [-0.2, 0) is 31.5 Å². The van der Waals surface area contributed by atoms with Crippen LogP contribution in [0.1, 0.15) is 43.0 Å². The number of pyridine rings is 1. The Balaban J connectivity index is 1.72. The summed E-state index contributed by atoms with van der Waals surface area (Å²) in [5.41, 5.74) is 3.95. The average molecular weight is 499 g/mol. The average Bonchev–Trinajstić information content (AvgIpc) is 2.80. The number of aromatic nitrogens is 1. The van der Waals surface area contributed by atoms with E-state index in [1.165, 1.54) is 4.31 Å². The van der Waals surface area contributed by atoms with Crippen LogP contribution in [0.2, 0.25) is 0 Å². The smallest absolute Gasteiger partial charge is 0.252 e. The number of nitrogens with zero attached hydrogens (tertiary/aromatic N) is 1. The summed E-state index contributed by atoms with van der Waals surface area (Å²) in [5, 5.41) is 0.867. The number of rotatable bonds is 6. The third-order valence-electron chi connectivity index (χ3n) is 6.53. The zero-order chi connectivity index (χ0) is 25.4. The highest BCUT2D eigenvalue weighted by atomic mass is 32.2. The maximum atomic E-state index is 13.8. The van der Waals surface area contributed by atoms with Crippen molar-refractivity contribution in [2.75, 3.05) is 26.4 Å². The highest BCUT2D eigenvalue weighted by Gasteiger charge is 2.30. The van der Waals surface area contributed by atoms with Gasteiger partial charge in [-0.1, -0.05) is 32.9 Å². The number of aryl methyl sites for hydroxylation is 2. The summed E-state index contributed by atoms with van der Waals surface area (Å²) in [5.74, 6) is 0. The molecule has 0 bridgehead atoms. The number of H-pyrrole nitrogens is 1. The molecule has 8 heteroatoms. The third kappa shape index (κ3) is 5.67. The van der Waals surface area contributed by atoms with E-state index in [1.54, 1.807) is 18.2 Å². The number of sulfonamides is 1. The predicted octanol–water partition coefficient (Wildman–Crippen LogP) is 4.05. The van der Waals surface area contributed by atoms with Crippen LogP contribution in [0.5, 0.6) is 0 Å². The topological polar surface area (TPSA) is 88.7 Å². The molecule has 4 rings (SSSR count). The largest absolute Gasteiger partial charge is 0.376 e. The van der Waals surface area contributed by atoms with Crippen molar-refractivity contribution in [1.29, 1.82) is 0 Å². The van der Waals surface area contributed by atoms with Gasteiger partial charge in [-0.2, -0.15) is 4.31 Å². The van der Waals surface area contributed by atoms with Crippen molar-refractivity contribution >= 4 is 20.9 Å². The van der Waals surface area contributed by atoms with E-state index in [1.807, 2.05) is 38.1 Å². The first-order valence-electron chi connectivity index (χ1n) is 11.9. The van der Waals surface area contributed by atoms with Gasteiger partial charge in [-0.15, -0.1) is 0 Å². The van der Waals surface area contributed by atoms with E-state index < -0.39 is 16.1 Å². The Labute approximate surface area is 207 Å². The molecule has 3 aromatic rings. The second-order valence-corrected chi connectivity index (χ2v) is 12.2. The van der Waals surface area contributed by atoms with Crippen LogP contribution >= 0.6 is 0 Å². The van der Waals surface area contributed by atoms with Gasteiger partial charge in [-0.05, 0) is 71.7 Å². The lowest BCUT2D eigenvalue weighted by atomic mass is 9.87. The van der Waals surface area contributed by atoms with Gasteiger partial charge in [0.05, 0.1) is 30.8 Å². The number of benzene rings is 2. The molecule has 0 radical (unpaired) electrons. The van der Waals surface area contributed by atoms with Gasteiger partial charge >= 0.3 is 0 Å². The molecule has 0 amide bonds. The molecule has 0 saturated carbocycles. The quantitative estimate of drug-likeness (QED) is 0.554. The summed E-state index contributed by atoms with van der Waals surface area (Å²) in [6.45, 7) is 11.5. The van der Waals surface area contributed by atoms with E-state index in [0.717, 1.165) is 27.6 Å². The maximum Gasteiger partial charge on any atom is 0.252 e. The van der Waals surface area contributed by atoms with Gasteiger partial charge < -0.3 is 14.5 Å². The number of hydrogen-bond donors (Lipinski definition) is 1. The van der Waals surface area contributed by atoms with E-state index in [-0.39, 0.29) is 29.0 Å². The van der Waals surface area contributed by atoms with Crippen molar-refractivity contribution in [3.63, 3.8) is 0 Å². The minimum atomic E-state index is -3.90. The van der Waals surface area contributed by atoms with Crippen LogP contribution in [0.4, 0.5) is 0 Å². The van der Waals surface area contributed by atoms with Crippen molar-refractivity contribution in [3.05, 3.63) is 75.1 Å². The molecule has 188 valence electrons. The molecule has 1 aliphatic heterocycles. The number of hydrogen-bond acceptors (Lipinski definition) is 5. The predicted molar refractivity (Wildman–Crippen MR) is 137 cm³/mol. The molecule has 1 atom stereocenters. The van der Waals surface area contributed by atoms with Crippen LogP contribution in [0.3, 0.4) is 0 Å². The molecule has 35 heavy (non-hydrogen) atoms. The van der Waals surface area contributed by atoms with Gasteiger partial charge in [0, 0.05) is 24.2 Å². The van der Waals surface area contributed by atoms with Crippen molar-refractivity contribution < 1.29 is 17.9 Å². The SMILES string of the molecule is Cc1cc2cc(CN(C[C@H]3COCCO3)S(=O)(=O)c3ccc(C(C)(C)C)cc3)c(=O)[nH]c2cc1C. The van der Waals surface area contributed by atoms with E-state index in [2.05, 4.69) is 25.8 Å². The Morgan fingerprint density at radius 3 is 2.34 bits per heavy atom. The molecule has 0 spiro atoms. The molecular formula is C27H34N2O5S. The maximum absolute atomic E-state index is 13.8. The number of ether oxygens (including phenoxy) is 2. The molecule has 7 nitrogen and oxygen atoms in total. The van der Waals surface area contributed by atoms with E-state index in [0.29, 0.717) is 25.4 Å². The first kappa shape index (κ1) is 25.6. The lowest BCUT2D eigenvalue weighted by Gasteiger charge is -2.29. The second-order valence-electron chi connectivity index (χ2n) is 10.3. The third-order valence-corrected chi connectivity index (χ3v) is 8.36. The van der Waals surface area contributed by atoms with Gasteiger partial charge in [-0.3, -0.25) is 4.79 Å². The fourth-order valence-corrected chi connectivity index (χ4v) is 5.67. The van der Waals surface area contributed by atoms with Crippen molar-refractivity contribution in [3.8, 4) is 0 Å². The van der Waals surface area contributed by atoms with E-state index in [4.69, 9.17) is 9.47 Å². The zero-order valence-corrected chi connectivity index (χ0v) is 21.9. The minimum absolute atomic E-state index is 0.0680. The lowest BCUT2D eigenvalue weighted by molar-refractivity contribution is -0.0923. The summed E-state index contributed by atoms with van der Waals surface area (Å²) in [6, 6.07) is 12.7. The molecule has 1 saturated heterocycles. The molecule has 1 fully saturated rings. The number of nitrogens with one attached hydrogen (secondary N) is 1. The van der Waals surface area contributed by atoms with Crippen molar-refractivity contribution in [2.45, 2.75) is 57.6 Å². The summed E-state index contributed by atoms with van der Waals surface area (Å²) >= 11 is 0. The first-order valence-corrected chi connectivity index (χ1v) is 13.3. The molecular weight excluding hydrogens is 464 g/mol. The number of fused-ring (bicyclic) bond motifs is 1. The summed E-state index contributed by atoms with van der Waals surface area (Å²) in [6.07, 6.45) is -0.406. The van der Waals surface area contributed by atoms with Gasteiger partial charge in [0.15, 0.2) is 0 Å². The van der Waals surface area contributed by atoms with E-state index >= 15 is 0 Å². The highest BCUT2D eigenvalue weighted by Crippen LogP contribution is 2.26. The standard InChI is InChI=1S/C27H34N2O5S/c1-18-12-20-14-21(26(30)28-25(20)13-19(18)2)15-29(16-23-17-33-10-11-34-23)35(31,32)24-8-6-22(7-9-24)27(3,4)5/h6-9,12-14,23H,10-11,15-17H2,1-5H3,(H,28,30)/t23-/m0/s1. The lowest BCUT2D eigenvalue weighted by Crippen LogP contribution is -2.43. The summed E-state index contributed by atoms with van der Waals surface area (Å²) in [4.78, 5) is 16.0. The van der Waals surface area contributed by atoms with Crippen LogP contribution in [0.25, 0.3) is 10.9 Å². The summed E-state index contributed by atoms with van der Waals surface area (Å²) in [7, 11) is -3.90. The molecule has 1 aliphatic rings. The van der Waals surface area contributed by atoms with Crippen LogP contribution in [-0.4, -0.2) is 50.2 Å². The van der Waals surface area contributed by atoms with Crippen molar-refractivity contribution in [1.82, 2.24) is 9.29 Å². The Morgan fingerprint density at radius 1 is 1.03 bits per heavy atom. The monoisotopic (exact) mass is 498 g/mol. The molecule has 0 aliphatic carbocycles. The molecule has 0 unspecified atom stereocenters. The Bertz CT molecular complexity index is 1370. The normalized spacial score (nSPS) is 17.3. The Kier molecular flexibility index (Phi) is 7.20. The Hall–Kier alpha value is -2.52. The fourth-order valence-electron chi connectivity index (χ4n) is 4.22. The van der Waals surface area contributed by atoms with Crippen molar-refractivity contribution in [2.24, 2.45) is 0 Å². The van der Waals surface area contributed by atoms with Crippen LogP contribution < -0.4 is 5.56 Å². The first-order chi connectivity index (χ1) is 16.4. The number of aromatic amines is 1. The van der Waals surface area contributed by atoms with Gasteiger partial charge in [0.2, 0.25) is 10.0 Å². The molecule has 2 heterocycles. The highest BCUT2D eigenvalue weighted by molar-refractivity contribution is 7.89. The fraction of sp³-hybridized carbons (Fsp3) is 0.444. The minimum Gasteiger partial charge on any atom is -0.376 e. The summed E-state index contributed by atoms with van der Waals surface area (Å²) < 4.78 is 40.1. The Morgan fingerprint density at radius 2 is 1.71 bits per heavy atom. The van der Waals surface area contributed by atoms with Gasteiger partial charge in [0.25, 0.3) is 5.56 Å². The second kappa shape index (κ2) is 9.85. The molecule has 1 aromatic heterocycles. The van der Waals surface area contributed by atoms with Crippen LogP contribution in [0, 0.1) is 13.8 Å². The van der Waals surface area contributed by atoms with Gasteiger partial charge in [0.1, 0.15) is 0 Å². The van der Waals surface area contributed by atoms with Crippen LogP contribution in [0.15, 0.2) is 52.2 Å². The molecule has 2 aromatic carbocycles.